The highest BCUT2D eigenvalue weighted by atomic mass is 16.1. The van der Waals surface area contributed by atoms with E-state index in [4.69, 9.17) is 0 Å². The maximum atomic E-state index is 12.6. The Balaban J connectivity index is 1.57. The minimum absolute atomic E-state index is 0.161. The maximum absolute atomic E-state index is 12.6. The van der Waals surface area contributed by atoms with Crippen LogP contribution in [0, 0.1) is 27.7 Å². The van der Waals surface area contributed by atoms with Gasteiger partial charge in [0.1, 0.15) is 0 Å². The van der Waals surface area contributed by atoms with Crippen molar-refractivity contribution in [2.75, 3.05) is 5.32 Å². The van der Waals surface area contributed by atoms with Crippen LogP contribution in [0.25, 0.3) is 17.0 Å². The topological polar surface area (TPSA) is 101 Å². The van der Waals surface area contributed by atoms with E-state index >= 15 is 0 Å². The number of aromatic amines is 1. The number of aromatic nitrogens is 6. The lowest BCUT2D eigenvalue weighted by molar-refractivity contribution is -0.115. The average molecular weight is 375 g/mol. The second-order valence-corrected chi connectivity index (χ2v) is 6.84. The van der Waals surface area contributed by atoms with Gasteiger partial charge in [-0.05, 0) is 45.9 Å². The molecule has 1 aromatic carbocycles. The number of hydrogen-bond acceptors (Lipinski definition) is 5. The molecule has 8 heteroatoms. The van der Waals surface area contributed by atoms with Crippen LogP contribution >= 0.6 is 0 Å². The first-order valence-corrected chi connectivity index (χ1v) is 9.03. The molecule has 142 valence electrons. The summed E-state index contributed by atoms with van der Waals surface area (Å²) in [4.78, 5) is 29.0. The molecule has 0 unspecified atom stereocenters. The van der Waals surface area contributed by atoms with E-state index in [0.29, 0.717) is 11.9 Å². The molecule has 0 aliphatic heterocycles. The predicted molar refractivity (Wildman–Crippen MR) is 107 cm³/mol. The van der Waals surface area contributed by atoms with Crippen molar-refractivity contribution in [3.63, 3.8) is 0 Å². The van der Waals surface area contributed by atoms with E-state index in [1.54, 1.807) is 4.68 Å². The molecule has 4 aromatic rings. The number of carbonyl (C=O) groups excluding carboxylic acids is 1. The molecule has 28 heavy (non-hydrogen) atoms. The number of anilines is 1. The number of para-hydroxylation sites is 2. The summed E-state index contributed by atoms with van der Waals surface area (Å²) in [5.74, 6) is 0.791. The minimum Gasteiger partial charge on any atom is -0.324 e. The normalized spacial score (nSPS) is 11.1. The number of nitrogens with zero attached hydrogens (tertiary/aromatic N) is 5. The van der Waals surface area contributed by atoms with Gasteiger partial charge in [0.15, 0.2) is 0 Å². The standard InChI is InChI=1S/C20H21N7O/c1-11-9-12(2)22-20(21-11)27-14(4)15(13(3)26-27)10-18(28)25-19-23-16-7-5-6-8-17(16)24-19/h5-9H,10H2,1-4H3,(H2,23,24,25,28). The SMILES string of the molecule is Cc1cc(C)nc(-n2nc(C)c(CC(=O)Nc3nc4ccccc4[nH]3)c2C)n1. The number of amides is 1. The summed E-state index contributed by atoms with van der Waals surface area (Å²) in [5, 5.41) is 7.37. The lowest BCUT2D eigenvalue weighted by atomic mass is 10.1. The van der Waals surface area contributed by atoms with E-state index in [-0.39, 0.29) is 12.3 Å². The molecule has 1 amide bonds. The smallest absolute Gasteiger partial charge is 0.251 e. The van der Waals surface area contributed by atoms with Gasteiger partial charge in [-0.3, -0.25) is 10.1 Å². The Labute approximate surface area is 162 Å². The highest BCUT2D eigenvalue weighted by molar-refractivity contribution is 5.92. The number of fused-ring (bicyclic) bond motifs is 1. The Morgan fingerprint density at radius 2 is 1.79 bits per heavy atom. The number of H-pyrrole nitrogens is 1. The molecule has 0 aliphatic carbocycles. The number of nitrogens with one attached hydrogen (secondary N) is 2. The van der Waals surface area contributed by atoms with Crippen LogP contribution in [-0.4, -0.2) is 35.6 Å². The molecule has 8 nitrogen and oxygen atoms in total. The monoisotopic (exact) mass is 375 g/mol. The summed E-state index contributed by atoms with van der Waals surface area (Å²) in [6.45, 7) is 7.65. The van der Waals surface area contributed by atoms with Crippen molar-refractivity contribution in [1.29, 1.82) is 0 Å². The molecule has 0 saturated carbocycles. The van der Waals surface area contributed by atoms with Crippen LogP contribution in [0.15, 0.2) is 30.3 Å². The third-order valence-corrected chi connectivity index (χ3v) is 4.59. The first-order valence-electron chi connectivity index (χ1n) is 9.03. The molecule has 0 radical (unpaired) electrons. The highest BCUT2D eigenvalue weighted by Crippen LogP contribution is 2.18. The van der Waals surface area contributed by atoms with Crippen LogP contribution in [0.3, 0.4) is 0 Å². The molecule has 0 atom stereocenters. The minimum atomic E-state index is -0.161. The summed E-state index contributed by atoms with van der Waals surface area (Å²) < 4.78 is 1.69. The third kappa shape index (κ3) is 3.36. The second kappa shape index (κ2) is 6.88. The van der Waals surface area contributed by atoms with Crippen LogP contribution in [0.4, 0.5) is 5.95 Å². The van der Waals surface area contributed by atoms with Gasteiger partial charge in [0.05, 0.1) is 23.1 Å². The number of aryl methyl sites for hydroxylation is 3. The second-order valence-electron chi connectivity index (χ2n) is 6.84. The number of carbonyl (C=O) groups is 1. The Hall–Kier alpha value is -3.55. The Morgan fingerprint density at radius 3 is 2.50 bits per heavy atom. The maximum Gasteiger partial charge on any atom is 0.251 e. The van der Waals surface area contributed by atoms with Crippen LogP contribution in [0.2, 0.25) is 0 Å². The Bertz CT molecular complexity index is 1140. The van der Waals surface area contributed by atoms with Crippen molar-refractivity contribution < 1.29 is 4.79 Å². The highest BCUT2D eigenvalue weighted by Gasteiger charge is 2.18. The number of rotatable bonds is 4. The lowest BCUT2D eigenvalue weighted by Crippen LogP contribution is -2.16. The van der Waals surface area contributed by atoms with Gasteiger partial charge >= 0.3 is 0 Å². The van der Waals surface area contributed by atoms with Gasteiger partial charge in [0.25, 0.3) is 5.95 Å². The van der Waals surface area contributed by atoms with Crippen LogP contribution in [0.5, 0.6) is 0 Å². The molecule has 0 fully saturated rings. The van der Waals surface area contributed by atoms with Crippen molar-refractivity contribution in [1.82, 2.24) is 29.7 Å². The first-order chi connectivity index (χ1) is 13.4. The van der Waals surface area contributed by atoms with Crippen molar-refractivity contribution in [2.24, 2.45) is 0 Å². The van der Waals surface area contributed by atoms with Gasteiger partial charge in [-0.1, -0.05) is 12.1 Å². The third-order valence-electron chi connectivity index (χ3n) is 4.59. The van der Waals surface area contributed by atoms with Gasteiger partial charge < -0.3 is 4.98 Å². The largest absolute Gasteiger partial charge is 0.324 e. The number of imidazole rings is 1. The Morgan fingerprint density at radius 1 is 1.07 bits per heavy atom. The van der Waals surface area contributed by atoms with Gasteiger partial charge in [0.2, 0.25) is 11.9 Å². The zero-order chi connectivity index (χ0) is 19.8. The van der Waals surface area contributed by atoms with Crippen LogP contribution in [0.1, 0.15) is 28.3 Å². The van der Waals surface area contributed by atoms with E-state index in [1.807, 2.05) is 58.0 Å². The van der Waals surface area contributed by atoms with Gasteiger partial charge in [0, 0.05) is 22.6 Å². The number of hydrogen-bond donors (Lipinski definition) is 2. The van der Waals surface area contributed by atoms with Gasteiger partial charge in [-0.15, -0.1) is 0 Å². The van der Waals surface area contributed by atoms with Crippen LogP contribution in [-0.2, 0) is 11.2 Å². The van der Waals surface area contributed by atoms with Crippen molar-refractivity contribution in [2.45, 2.75) is 34.1 Å². The van der Waals surface area contributed by atoms with E-state index in [1.165, 1.54) is 0 Å². The fourth-order valence-electron chi connectivity index (χ4n) is 3.28. The molecule has 2 N–H and O–H groups in total. The zero-order valence-corrected chi connectivity index (χ0v) is 16.2. The van der Waals surface area contributed by atoms with Gasteiger partial charge in [-0.2, -0.15) is 5.10 Å². The quantitative estimate of drug-likeness (QED) is 0.571. The fourth-order valence-corrected chi connectivity index (χ4v) is 3.28. The number of benzene rings is 1. The molecule has 0 spiro atoms. The van der Waals surface area contributed by atoms with E-state index in [2.05, 4.69) is 30.4 Å². The molecule has 3 aromatic heterocycles. The molecule has 0 saturated heterocycles. The molecular weight excluding hydrogens is 354 g/mol. The molecular formula is C20H21N7O. The predicted octanol–water partition coefficient (Wildman–Crippen LogP) is 2.95. The van der Waals surface area contributed by atoms with Crippen molar-refractivity contribution in [3.8, 4) is 5.95 Å². The lowest BCUT2D eigenvalue weighted by Gasteiger charge is -2.06. The fraction of sp³-hybridized carbons (Fsp3) is 0.250. The van der Waals surface area contributed by atoms with Gasteiger partial charge in [-0.25, -0.2) is 19.6 Å². The van der Waals surface area contributed by atoms with E-state index in [0.717, 1.165) is 39.4 Å². The summed E-state index contributed by atoms with van der Waals surface area (Å²) in [6, 6.07) is 9.55. The molecule has 0 aliphatic rings. The summed E-state index contributed by atoms with van der Waals surface area (Å²) in [5.41, 5.74) is 5.92. The zero-order valence-electron chi connectivity index (χ0n) is 16.2. The molecule has 3 heterocycles. The Kier molecular flexibility index (Phi) is 4.38. The van der Waals surface area contributed by atoms with Crippen molar-refractivity contribution in [3.05, 3.63) is 58.7 Å². The van der Waals surface area contributed by atoms with E-state index < -0.39 is 0 Å². The summed E-state index contributed by atoms with van der Waals surface area (Å²) in [6.07, 6.45) is 0.194. The summed E-state index contributed by atoms with van der Waals surface area (Å²) >= 11 is 0. The first kappa shape index (κ1) is 17.8. The van der Waals surface area contributed by atoms with Crippen molar-refractivity contribution >= 4 is 22.9 Å². The summed E-state index contributed by atoms with van der Waals surface area (Å²) in [7, 11) is 0. The molecule has 0 bridgehead atoms. The van der Waals surface area contributed by atoms with E-state index in [9.17, 15) is 4.79 Å². The van der Waals surface area contributed by atoms with Crippen LogP contribution < -0.4 is 5.32 Å². The molecule has 4 rings (SSSR count). The average Bonchev–Trinajstić information content (AvgIpc) is 3.16.